The van der Waals surface area contributed by atoms with Crippen molar-refractivity contribution < 1.29 is 4.39 Å². The number of aromatic nitrogens is 1. The fourth-order valence-electron chi connectivity index (χ4n) is 2.31. The molecule has 0 unspecified atom stereocenters. The average Bonchev–Trinajstić information content (AvgIpc) is 2.81. The van der Waals surface area contributed by atoms with Crippen LogP contribution in [0, 0.1) is 5.82 Å². The molecule has 0 radical (unpaired) electrons. The highest BCUT2D eigenvalue weighted by atomic mass is 35.5. The molecule has 1 aliphatic rings. The lowest BCUT2D eigenvalue weighted by molar-refractivity contribution is 0.628. The van der Waals surface area contributed by atoms with Gasteiger partial charge in [-0.05, 0) is 35.7 Å². The predicted molar refractivity (Wildman–Crippen MR) is 75.9 cm³/mol. The van der Waals surface area contributed by atoms with E-state index < -0.39 is 0 Å². The highest BCUT2D eigenvalue weighted by Crippen LogP contribution is 2.37. The number of hydrogen-bond donors (Lipinski definition) is 0. The summed E-state index contributed by atoms with van der Waals surface area (Å²) in [5.74, 6) is 0.775. The average molecular weight is 297 g/mol. The van der Waals surface area contributed by atoms with Crippen molar-refractivity contribution in [1.82, 2.24) is 4.98 Å². The molecule has 2 heterocycles. The Morgan fingerprint density at radius 3 is 2.89 bits per heavy atom. The number of alkyl halides is 1. The summed E-state index contributed by atoms with van der Waals surface area (Å²) in [5.41, 5.74) is 2.82. The lowest BCUT2D eigenvalue weighted by Gasteiger charge is -2.19. The van der Waals surface area contributed by atoms with Crippen molar-refractivity contribution in [2.45, 2.75) is 12.3 Å². The summed E-state index contributed by atoms with van der Waals surface area (Å²) in [4.78, 5) is 6.29. The first-order valence-electron chi connectivity index (χ1n) is 5.95. The molecule has 1 aromatic heterocycles. The smallest absolute Gasteiger partial charge is 0.151 e. The van der Waals surface area contributed by atoms with Crippen molar-refractivity contribution in [3.05, 3.63) is 52.4 Å². The van der Waals surface area contributed by atoms with Gasteiger partial charge in [-0.25, -0.2) is 9.37 Å². The topological polar surface area (TPSA) is 16.1 Å². The van der Waals surface area contributed by atoms with E-state index in [9.17, 15) is 4.39 Å². The summed E-state index contributed by atoms with van der Waals surface area (Å²) in [6, 6.07) is 6.61. The van der Waals surface area contributed by atoms with Crippen molar-refractivity contribution in [2.75, 3.05) is 11.4 Å². The molecule has 0 spiro atoms. The summed E-state index contributed by atoms with van der Waals surface area (Å²) >= 11 is 12.0. The lowest BCUT2D eigenvalue weighted by atomic mass is 10.2. The van der Waals surface area contributed by atoms with Crippen molar-refractivity contribution in [3.8, 4) is 0 Å². The lowest BCUT2D eigenvalue weighted by Crippen LogP contribution is -2.15. The van der Waals surface area contributed by atoms with Gasteiger partial charge in [-0.1, -0.05) is 17.7 Å². The molecule has 0 saturated heterocycles. The van der Waals surface area contributed by atoms with Crippen LogP contribution in [0.4, 0.5) is 15.9 Å². The number of pyridine rings is 1. The molecule has 19 heavy (non-hydrogen) atoms. The van der Waals surface area contributed by atoms with Crippen LogP contribution in [0.5, 0.6) is 0 Å². The van der Waals surface area contributed by atoms with Crippen molar-refractivity contribution >= 4 is 34.7 Å². The zero-order valence-corrected chi connectivity index (χ0v) is 11.5. The Morgan fingerprint density at radius 1 is 1.32 bits per heavy atom. The van der Waals surface area contributed by atoms with E-state index in [-0.39, 0.29) is 5.82 Å². The summed E-state index contributed by atoms with van der Waals surface area (Å²) in [5, 5.41) is 0.537. The van der Waals surface area contributed by atoms with Gasteiger partial charge in [0.15, 0.2) is 5.82 Å². The second-order valence-electron chi connectivity index (χ2n) is 4.46. The standard InChI is InChI=1S/C14H11Cl2FN2/c15-7-9-5-12(16)14(18-8-9)19-4-3-10-1-2-11(17)6-13(10)19/h1-2,5-6,8H,3-4,7H2. The molecule has 5 heteroatoms. The van der Waals surface area contributed by atoms with Crippen LogP contribution in [-0.2, 0) is 12.3 Å². The van der Waals surface area contributed by atoms with Crippen LogP contribution >= 0.6 is 23.2 Å². The monoisotopic (exact) mass is 296 g/mol. The van der Waals surface area contributed by atoms with Gasteiger partial charge in [0.05, 0.1) is 5.02 Å². The molecule has 0 N–H and O–H groups in total. The van der Waals surface area contributed by atoms with Crippen LogP contribution in [0.15, 0.2) is 30.5 Å². The Labute approximate surface area is 120 Å². The highest BCUT2D eigenvalue weighted by Gasteiger charge is 2.23. The number of halogens is 3. The van der Waals surface area contributed by atoms with E-state index in [1.165, 1.54) is 12.1 Å². The SMILES string of the molecule is Fc1ccc2c(c1)N(c1ncc(CCl)cc1Cl)CC2. The number of anilines is 2. The largest absolute Gasteiger partial charge is 0.324 e. The Morgan fingerprint density at radius 2 is 2.16 bits per heavy atom. The summed E-state index contributed by atoms with van der Waals surface area (Å²) in [7, 11) is 0. The van der Waals surface area contributed by atoms with E-state index in [1.54, 1.807) is 12.3 Å². The summed E-state index contributed by atoms with van der Waals surface area (Å²) in [6.45, 7) is 0.756. The minimum atomic E-state index is -0.251. The Bertz CT molecular complexity index is 631. The fraction of sp³-hybridized carbons (Fsp3) is 0.214. The van der Waals surface area contributed by atoms with Crippen molar-refractivity contribution in [1.29, 1.82) is 0 Å². The number of nitrogens with zero attached hydrogens (tertiary/aromatic N) is 2. The van der Waals surface area contributed by atoms with Gasteiger partial charge in [0.1, 0.15) is 5.82 Å². The third kappa shape index (κ3) is 2.28. The number of benzene rings is 1. The molecule has 0 aliphatic carbocycles. The first kappa shape index (κ1) is 12.7. The van der Waals surface area contributed by atoms with Gasteiger partial charge in [0.25, 0.3) is 0 Å². The van der Waals surface area contributed by atoms with Gasteiger partial charge in [-0.3, -0.25) is 0 Å². The molecular weight excluding hydrogens is 286 g/mol. The van der Waals surface area contributed by atoms with Gasteiger partial charge in [-0.15, -0.1) is 11.6 Å². The zero-order chi connectivity index (χ0) is 13.4. The molecule has 98 valence electrons. The number of hydrogen-bond acceptors (Lipinski definition) is 2. The van der Waals surface area contributed by atoms with E-state index in [0.717, 1.165) is 29.8 Å². The second-order valence-corrected chi connectivity index (χ2v) is 5.13. The van der Waals surface area contributed by atoms with Crippen LogP contribution in [0.3, 0.4) is 0 Å². The molecule has 1 aromatic carbocycles. The first-order chi connectivity index (χ1) is 9.19. The second kappa shape index (κ2) is 4.99. The van der Waals surface area contributed by atoms with Crippen LogP contribution in [0.1, 0.15) is 11.1 Å². The highest BCUT2D eigenvalue weighted by molar-refractivity contribution is 6.33. The Kier molecular flexibility index (Phi) is 3.33. The third-order valence-electron chi connectivity index (χ3n) is 3.23. The van der Waals surface area contributed by atoms with Crippen molar-refractivity contribution in [3.63, 3.8) is 0 Å². The maximum absolute atomic E-state index is 13.4. The van der Waals surface area contributed by atoms with Gasteiger partial charge in [0.2, 0.25) is 0 Å². The molecular formula is C14H11Cl2FN2. The molecule has 3 rings (SSSR count). The van der Waals surface area contributed by atoms with E-state index in [1.807, 2.05) is 11.0 Å². The molecule has 0 amide bonds. The number of fused-ring (bicyclic) bond motifs is 1. The van der Waals surface area contributed by atoms with Crippen LogP contribution in [-0.4, -0.2) is 11.5 Å². The molecule has 0 fully saturated rings. The predicted octanol–water partition coefficient (Wildman–Crippen LogP) is 4.31. The minimum Gasteiger partial charge on any atom is -0.324 e. The van der Waals surface area contributed by atoms with Gasteiger partial charge < -0.3 is 4.90 Å². The normalized spacial score (nSPS) is 13.7. The molecule has 2 aromatic rings. The van der Waals surface area contributed by atoms with Gasteiger partial charge >= 0.3 is 0 Å². The summed E-state index contributed by atoms with van der Waals surface area (Å²) in [6.07, 6.45) is 2.57. The zero-order valence-electron chi connectivity index (χ0n) is 10.0. The van der Waals surface area contributed by atoms with Crippen LogP contribution in [0.25, 0.3) is 0 Å². The Balaban J connectivity index is 2.04. The van der Waals surface area contributed by atoms with Crippen LogP contribution < -0.4 is 4.90 Å². The minimum absolute atomic E-state index is 0.251. The maximum atomic E-state index is 13.4. The fourth-order valence-corrected chi connectivity index (χ4v) is 2.75. The molecule has 2 nitrogen and oxygen atoms in total. The number of rotatable bonds is 2. The van der Waals surface area contributed by atoms with E-state index in [0.29, 0.717) is 16.7 Å². The third-order valence-corrected chi connectivity index (χ3v) is 3.82. The quantitative estimate of drug-likeness (QED) is 0.768. The van der Waals surface area contributed by atoms with E-state index in [4.69, 9.17) is 23.2 Å². The molecule has 1 aliphatic heterocycles. The van der Waals surface area contributed by atoms with Gasteiger partial charge in [0, 0.05) is 24.3 Å². The molecule has 0 atom stereocenters. The van der Waals surface area contributed by atoms with E-state index in [2.05, 4.69) is 4.98 Å². The van der Waals surface area contributed by atoms with Crippen LogP contribution in [0.2, 0.25) is 5.02 Å². The maximum Gasteiger partial charge on any atom is 0.151 e. The van der Waals surface area contributed by atoms with Gasteiger partial charge in [-0.2, -0.15) is 0 Å². The molecule has 0 bridgehead atoms. The van der Waals surface area contributed by atoms with Crippen molar-refractivity contribution in [2.24, 2.45) is 0 Å². The summed E-state index contributed by atoms with van der Waals surface area (Å²) < 4.78 is 13.4. The van der Waals surface area contributed by atoms with E-state index >= 15 is 0 Å². The first-order valence-corrected chi connectivity index (χ1v) is 6.86. The molecule has 0 saturated carbocycles. The Hall–Kier alpha value is -1.32.